The van der Waals surface area contributed by atoms with Gasteiger partial charge in [-0.3, -0.25) is 4.90 Å². The molecule has 3 aromatic rings. The van der Waals surface area contributed by atoms with Crippen molar-refractivity contribution in [1.29, 1.82) is 0 Å². The second-order valence-electron chi connectivity index (χ2n) is 5.81. The van der Waals surface area contributed by atoms with Crippen LogP contribution in [0.1, 0.15) is 11.9 Å². The molecule has 0 bridgehead atoms. The van der Waals surface area contributed by atoms with Crippen LogP contribution in [-0.2, 0) is 0 Å². The number of benzene rings is 1. The summed E-state index contributed by atoms with van der Waals surface area (Å²) in [6.45, 7) is 2.76. The number of piperazine rings is 1. The first-order valence-electron chi connectivity index (χ1n) is 7.76. The fraction of sp³-hybridized carbons (Fsp3) is 0.312. The number of rotatable bonds is 3. The lowest BCUT2D eigenvalue weighted by Crippen LogP contribution is -2.44. The predicted octanol–water partition coefficient (Wildman–Crippen LogP) is 2.15. The SMILES string of the molecule is CN1CCNCC1c1noc(-c2cnn(-c3ccc(Cl)cc3)c2)n1. The highest BCUT2D eigenvalue weighted by Crippen LogP contribution is 2.23. The third kappa shape index (κ3) is 2.93. The molecule has 1 atom stereocenters. The third-order valence-corrected chi connectivity index (χ3v) is 4.42. The first-order valence-corrected chi connectivity index (χ1v) is 8.14. The van der Waals surface area contributed by atoms with E-state index >= 15 is 0 Å². The first kappa shape index (κ1) is 15.3. The lowest BCUT2D eigenvalue weighted by Gasteiger charge is -2.30. The molecule has 0 spiro atoms. The minimum Gasteiger partial charge on any atom is -0.334 e. The lowest BCUT2D eigenvalue weighted by molar-refractivity contribution is 0.190. The normalized spacial score (nSPS) is 18.8. The molecular weight excluding hydrogens is 328 g/mol. The molecule has 0 aliphatic carbocycles. The number of likely N-dealkylation sites (N-methyl/N-ethyl adjacent to an activating group) is 1. The summed E-state index contributed by atoms with van der Waals surface area (Å²) in [5, 5.41) is 12.5. The summed E-state index contributed by atoms with van der Waals surface area (Å²) in [5.41, 5.74) is 1.71. The number of hydrogen-bond donors (Lipinski definition) is 1. The van der Waals surface area contributed by atoms with Crippen LogP contribution in [0, 0.1) is 0 Å². The second kappa shape index (κ2) is 6.35. The molecule has 1 aliphatic heterocycles. The van der Waals surface area contributed by atoms with E-state index in [1.54, 1.807) is 10.9 Å². The van der Waals surface area contributed by atoms with E-state index in [0.29, 0.717) is 16.7 Å². The average Bonchev–Trinajstić information content (AvgIpc) is 3.25. The van der Waals surface area contributed by atoms with Crippen LogP contribution < -0.4 is 5.32 Å². The van der Waals surface area contributed by atoms with E-state index in [1.165, 1.54) is 0 Å². The minimum atomic E-state index is 0.127. The van der Waals surface area contributed by atoms with Crippen LogP contribution in [0.3, 0.4) is 0 Å². The Balaban J connectivity index is 1.58. The van der Waals surface area contributed by atoms with Crippen LogP contribution >= 0.6 is 11.6 Å². The van der Waals surface area contributed by atoms with Crippen LogP contribution in [0.25, 0.3) is 17.1 Å². The smallest absolute Gasteiger partial charge is 0.261 e. The van der Waals surface area contributed by atoms with Gasteiger partial charge < -0.3 is 9.84 Å². The molecular formula is C16H17ClN6O. The van der Waals surface area contributed by atoms with Crippen molar-refractivity contribution in [3.05, 3.63) is 47.5 Å². The molecule has 1 aromatic carbocycles. The zero-order valence-electron chi connectivity index (χ0n) is 13.2. The highest BCUT2D eigenvalue weighted by Gasteiger charge is 2.25. The molecule has 7 nitrogen and oxygen atoms in total. The van der Waals surface area contributed by atoms with Crippen molar-refractivity contribution in [3.8, 4) is 17.1 Å². The Bertz CT molecular complexity index is 827. The molecule has 3 heterocycles. The van der Waals surface area contributed by atoms with E-state index in [4.69, 9.17) is 16.1 Å². The van der Waals surface area contributed by atoms with Crippen molar-refractivity contribution in [2.45, 2.75) is 6.04 Å². The predicted molar refractivity (Wildman–Crippen MR) is 90.1 cm³/mol. The van der Waals surface area contributed by atoms with Gasteiger partial charge in [-0.2, -0.15) is 10.1 Å². The Labute approximate surface area is 144 Å². The van der Waals surface area contributed by atoms with E-state index in [0.717, 1.165) is 30.9 Å². The number of aromatic nitrogens is 4. The van der Waals surface area contributed by atoms with Crippen LogP contribution in [0.5, 0.6) is 0 Å². The van der Waals surface area contributed by atoms with Crippen molar-refractivity contribution in [2.75, 3.05) is 26.7 Å². The standard InChI is InChI=1S/C16H17ClN6O/c1-22-7-6-18-9-14(22)15-20-16(24-21-15)11-8-19-23(10-11)13-4-2-12(17)3-5-13/h2-5,8,10,14,18H,6-7,9H2,1H3. The van der Waals surface area contributed by atoms with Crippen LogP contribution in [0.15, 0.2) is 41.2 Å². The van der Waals surface area contributed by atoms with Gasteiger partial charge in [0.25, 0.3) is 5.89 Å². The fourth-order valence-corrected chi connectivity index (χ4v) is 2.88. The third-order valence-electron chi connectivity index (χ3n) is 4.17. The summed E-state index contributed by atoms with van der Waals surface area (Å²) in [4.78, 5) is 6.77. The van der Waals surface area contributed by atoms with Crippen LogP contribution in [-0.4, -0.2) is 51.5 Å². The maximum Gasteiger partial charge on any atom is 0.261 e. The van der Waals surface area contributed by atoms with E-state index < -0.39 is 0 Å². The molecule has 0 saturated carbocycles. The molecule has 1 unspecified atom stereocenters. The highest BCUT2D eigenvalue weighted by molar-refractivity contribution is 6.30. The molecule has 1 N–H and O–H groups in total. The van der Waals surface area contributed by atoms with Crippen molar-refractivity contribution >= 4 is 11.6 Å². The number of nitrogens with zero attached hydrogens (tertiary/aromatic N) is 5. The zero-order chi connectivity index (χ0) is 16.5. The van der Waals surface area contributed by atoms with Gasteiger partial charge in [0.2, 0.25) is 0 Å². The Kier molecular flexibility index (Phi) is 4.05. The Morgan fingerprint density at radius 3 is 2.92 bits per heavy atom. The number of hydrogen-bond acceptors (Lipinski definition) is 6. The van der Waals surface area contributed by atoms with Crippen LogP contribution in [0.4, 0.5) is 0 Å². The minimum absolute atomic E-state index is 0.127. The Morgan fingerprint density at radius 1 is 1.29 bits per heavy atom. The largest absolute Gasteiger partial charge is 0.334 e. The summed E-state index contributed by atoms with van der Waals surface area (Å²) in [6.07, 6.45) is 3.58. The Morgan fingerprint density at radius 2 is 2.12 bits per heavy atom. The molecule has 0 radical (unpaired) electrons. The van der Waals surface area contributed by atoms with E-state index in [9.17, 15) is 0 Å². The van der Waals surface area contributed by atoms with Gasteiger partial charge in [0, 0.05) is 30.9 Å². The van der Waals surface area contributed by atoms with Gasteiger partial charge in [-0.1, -0.05) is 16.8 Å². The molecule has 1 aliphatic rings. The van der Waals surface area contributed by atoms with Crippen molar-refractivity contribution < 1.29 is 4.52 Å². The molecule has 1 fully saturated rings. The van der Waals surface area contributed by atoms with Crippen molar-refractivity contribution in [2.24, 2.45) is 0 Å². The molecule has 24 heavy (non-hydrogen) atoms. The van der Waals surface area contributed by atoms with Crippen LogP contribution in [0.2, 0.25) is 5.02 Å². The molecule has 8 heteroatoms. The average molecular weight is 345 g/mol. The van der Waals surface area contributed by atoms with Gasteiger partial charge in [-0.25, -0.2) is 4.68 Å². The molecule has 124 valence electrons. The molecule has 2 aromatic heterocycles. The summed E-state index contributed by atoms with van der Waals surface area (Å²) in [5.74, 6) is 1.17. The highest BCUT2D eigenvalue weighted by atomic mass is 35.5. The van der Waals surface area contributed by atoms with Gasteiger partial charge >= 0.3 is 0 Å². The topological polar surface area (TPSA) is 72.0 Å². The molecule has 0 amide bonds. The second-order valence-corrected chi connectivity index (χ2v) is 6.24. The first-order chi connectivity index (χ1) is 11.7. The number of nitrogens with one attached hydrogen (secondary N) is 1. The van der Waals surface area contributed by atoms with E-state index in [-0.39, 0.29) is 6.04 Å². The van der Waals surface area contributed by atoms with Crippen molar-refractivity contribution in [3.63, 3.8) is 0 Å². The van der Waals surface area contributed by atoms with Gasteiger partial charge in [-0.15, -0.1) is 0 Å². The lowest BCUT2D eigenvalue weighted by atomic mass is 10.2. The summed E-state index contributed by atoms with van der Waals surface area (Å²) < 4.78 is 7.18. The van der Waals surface area contributed by atoms with E-state index in [1.807, 2.05) is 30.5 Å². The maximum atomic E-state index is 5.92. The summed E-state index contributed by atoms with van der Waals surface area (Å²) >= 11 is 5.92. The fourth-order valence-electron chi connectivity index (χ4n) is 2.75. The van der Waals surface area contributed by atoms with E-state index in [2.05, 4.69) is 32.5 Å². The van der Waals surface area contributed by atoms with Gasteiger partial charge in [0.05, 0.1) is 23.5 Å². The molecule has 1 saturated heterocycles. The molecule has 4 rings (SSSR count). The maximum absolute atomic E-state index is 5.92. The zero-order valence-corrected chi connectivity index (χ0v) is 13.9. The quantitative estimate of drug-likeness (QED) is 0.785. The van der Waals surface area contributed by atoms with Crippen molar-refractivity contribution in [1.82, 2.24) is 30.1 Å². The van der Waals surface area contributed by atoms with Gasteiger partial charge in [0.1, 0.15) is 0 Å². The van der Waals surface area contributed by atoms with Gasteiger partial charge in [-0.05, 0) is 31.3 Å². The summed E-state index contributed by atoms with van der Waals surface area (Å²) in [6, 6.07) is 7.59. The summed E-state index contributed by atoms with van der Waals surface area (Å²) in [7, 11) is 2.07. The monoisotopic (exact) mass is 344 g/mol. The number of halogens is 1. The van der Waals surface area contributed by atoms with Gasteiger partial charge in [0.15, 0.2) is 5.82 Å². The Hall–Kier alpha value is -2.22.